The van der Waals surface area contributed by atoms with E-state index in [0.717, 1.165) is 31.0 Å². The summed E-state index contributed by atoms with van der Waals surface area (Å²) in [6, 6.07) is 4.94. The van der Waals surface area contributed by atoms with E-state index >= 15 is 0 Å². The molecule has 110 valence electrons. The highest BCUT2D eigenvalue weighted by atomic mass is 79.9. The molecule has 1 aliphatic carbocycles. The number of nitrogens with one attached hydrogen (secondary N) is 1. The number of ether oxygens (including phenoxy) is 1. The SMILES string of the molecule is COc1cccc(C(=O)NC2(CBr)CCCCC2)c1O. The average molecular weight is 342 g/mol. The number of carbonyl (C=O) groups is 1. The van der Waals surface area contributed by atoms with Crippen molar-refractivity contribution >= 4 is 21.8 Å². The number of phenols is 1. The quantitative estimate of drug-likeness (QED) is 0.826. The minimum absolute atomic E-state index is 0.104. The molecule has 0 aromatic heterocycles. The number of halogens is 1. The van der Waals surface area contributed by atoms with Crippen molar-refractivity contribution in [2.24, 2.45) is 0 Å². The predicted octanol–water partition coefficient (Wildman–Crippen LogP) is 3.23. The lowest BCUT2D eigenvalue weighted by atomic mass is 9.83. The summed E-state index contributed by atoms with van der Waals surface area (Å²) < 4.78 is 5.04. The molecule has 1 fully saturated rings. The Morgan fingerprint density at radius 1 is 1.40 bits per heavy atom. The second-order valence-electron chi connectivity index (χ2n) is 5.29. The molecule has 1 aromatic rings. The fourth-order valence-corrected chi connectivity index (χ4v) is 3.40. The third-order valence-electron chi connectivity index (χ3n) is 3.91. The van der Waals surface area contributed by atoms with Crippen molar-refractivity contribution in [3.05, 3.63) is 23.8 Å². The predicted molar refractivity (Wildman–Crippen MR) is 81.7 cm³/mol. The molecule has 0 radical (unpaired) electrons. The van der Waals surface area contributed by atoms with E-state index in [1.54, 1.807) is 18.2 Å². The zero-order valence-corrected chi connectivity index (χ0v) is 13.2. The zero-order valence-electron chi connectivity index (χ0n) is 11.6. The van der Waals surface area contributed by atoms with Crippen LogP contribution >= 0.6 is 15.9 Å². The Morgan fingerprint density at radius 3 is 2.70 bits per heavy atom. The minimum atomic E-state index is -0.247. The third kappa shape index (κ3) is 3.08. The lowest BCUT2D eigenvalue weighted by Gasteiger charge is -2.36. The Labute approximate surface area is 127 Å². The van der Waals surface area contributed by atoms with Crippen molar-refractivity contribution in [1.29, 1.82) is 0 Å². The van der Waals surface area contributed by atoms with Gasteiger partial charge in [0.25, 0.3) is 5.91 Å². The topological polar surface area (TPSA) is 58.6 Å². The molecule has 0 saturated heterocycles. The molecule has 0 unspecified atom stereocenters. The molecule has 1 amide bonds. The van der Waals surface area contributed by atoms with Gasteiger partial charge in [-0.3, -0.25) is 4.79 Å². The van der Waals surface area contributed by atoms with E-state index < -0.39 is 0 Å². The molecular formula is C15H20BrNO3. The molecule has 1 aromatic carbocycles. The molecule has 0 atom stereocenters. The number of hydrogen-bond acceptors (Lipinski definition) is 3. The number of para-hydroxylation sites is 1. The van der Waals surface area contributed by atoms with E-state index in [1.807, 2.05) is 0 Å². The summed E-state index contributed by atoms with van der Waals surface area (Å²) in [4.78, 5) is 12.4. The third-order valence-corrected chi connectivity index (χ3v) is 4.98. The Morgan fingerprint density at radius 2 is 2.10 bits per heavy atom. The Kier molecular flexibility index (Phi) is 4.91. The average Bonchev–Trinajstić information content (AvgIpc) is 2.48. The van der Waals surface area contributed by atoms with Crippen molar-refractivity contribution < 1.29 is 14.6 Å². The van der Waals surface area contributed by atoms with Crippen LogP contribution in [-0.2, 0) is 0 Å². The number of phenolic OH excluding ortho intramolecular Hbond substituents is 1. The van der Waals surface area contributed by atoms with Gasteiger partial charge in [-0.2, -0.15) is 0 Å². The van der Waals surface area contributed by atoms with Crippen LogP contribution in [0.5, 0.6) is 11.5 Å². The zero-order chi connectivity index (χ0) is 14.6. The fraction of sp³-hybridized carbons (Fsp3) is 0.533. The first-order valence-electron chi connectivity index (χ1n) is 6.86. The molecule has 0 aliphatic heterocycles. The molecule has 5 heteroatoms. The number of rotatable bonds is 4. The summed E-state index contributed by atoms with van der Waals surface area (Å²) in [7, 11) is 1.47. The number of benzene rings is 1. The fourth-order valence-electron chi connectivity index (χ4n) is 2.70. The minimum Gasteiger partial charge on any atom is -0.504 e. The normalized spacial score (nSPS) is 17.5. The first kappa shape index (κ1) is 15.2. The van der Waals surface area contributed by atoms with E-state index in [2.05, 4.69) is 21.2 Å². The second-order valence-corrected chi connectivity index (χ2v) is 5.85. The van der Waals surface area contributed by atoms with Gasteiger partial charge in [-0.25, -0.2) is 0 Å². The standard InChI is InChI=1S/C15H20BrNO3/c1-20-12-7-5-6-11(13(12)18)14(19)17-15(10-16)8-3-2-4-9-15/h5-7,18H,2-4,8-10H2,1H3,(H,17,19). The number of methoxy groups -OCH3 is 1. The number of aromatic hydroxyl groups is 1. The van der Waals surface area contributed by atoms with Crippen molar-refractivity contribution in [3.8, 4) is 11.5 Å². The van der Waals surface area contributed by atoms with Crippen molar-refractivity contribution in [3.63, 3.8) is 0 Å². The summed E-state index contributed by atoms with van der Waals surface area (Å²) in [5, 5.41) is 13.9. The van der Waals surface area contributed by atoms with Gasteiger partial charge in [0.15, 0.2) is 11.5 Å². The molecule has 1 aliphatic rings. The highest BCUT2D eigenvalue weighted by Gasteiger charge is 2.33. The highest BCUT2D eigenvalue weighted by Crippen LogP contribution is 2.33. The largest absolute Gasteiger partial charge is 0.504 e. The van der Waals surface area contributed by atoms with Crippen LogP contribution < -0.4 is 10.1 Å². The molecule has 2 rings (SSSR count). The highest BCUT2D eigenvalue weighted by molar-refractivity contribution is 9.09. The van der Waals surface area contributed by atoms with Crippen LogP contribution in [0.3, 0.4) is 0 Å². The van der Waals surface area contributed by atoms with Gasteiger partial charge in [-0.15, -0.1) is 0 Å². The van der Waals surface area contributed by atoms with Crippen LogP contribution in [0.2, 0.25) is 0 Å². The van der Waals surface area contributed by atoms with Gasteiger partial charge in [0.1, 0.15) is 0 Å². The van der Waals surface area contributed by atoms with Crippen molar-refractivity contribution in [1.82, 2.24) is 5.32 Å². The molecule has 0 heterocycles. The summed E-state index contributed by atoms with van der Waals surface area (Å²) in [6.07, 6.45) is 5.39. The first-order valence-corrected chi connectivity index (χ1v) is 7.98. The lowest BCUT2D eigenvalue weighted by Crippen LogP contribution is -2.51. The maximum absolute atomic E-state index is 12.4. The Balaban J connectivity index is 2.19. The molecule has 1 saturated carbocycles. The monoisotopic (exact) mass is 341 g/mol. The van der Waals surface area contributed by atoms with Gasteiger partial charge >= 0.3 is 0 Å². The summed E-state index contributed by atoms with van der Waals surface area (Å²) >= 11 is 3.51. The van der Waals surface area contributed by atoms with E-state index in [9.17, 15) is 9.90 Å². The number of hydrogen-bond donors (Lipinski definition) is 2. The maximum atomic E-state index is 12.4. The van der Waals surface area contributed by atoms with Gasteiger partial charge in [0.05, 0.1) is 18.2 Å². The molecule has 20 heavy (non-hydrogen) atoms. The smallest absolute Gasteiger partial charge is 0.255 e. The molecule has 4 nitrogen and oxygen atoms in total. The lowest BCUT2D eigenvalue weighted by molar-refractivity contribution is 0.0883. The van der Waals surface area contributed by atoms with E-state index in [4.69, 9.17) is 4.74 Å². The van der Waals surface area contributed by atoms with Crippen LogP contribution in [0.4, 0.5) is 0 Å². The molecular weight excluding hydrogens is 322 g/mol. The molecule has 0 bridgehead atoms. The van der Waals surface area contributed by atoms with Crippen LogP contribution in [0.15, 0.2) is 18.2 Å². The van der Waals surface area contributed by atoms with Crippen LogP contribution in [0, 0.1) is 0 Å². The van der Waals surface area contributed by atoms with Gasteiger partial charge in [-0.05, 0) is 25.0 Å². The van der Waals surface area contributed by atoms with Crippen LogP contribution in [0.25, 0.3) is 0 Å². The van der Waals surface area contributed by atoms with Gasteiger partial charge in [0, 0.05) is 5.33 Å². The molecule has 2 N–H and O–H groups in total. The summed E-state index contributed by atoms with van der Waals surface area (Å²) in [5.41, 5.74) is 0.0560. The van der Waals surface area contributed by atoms with Gasteiger partial charge in [-0.1, -0.05) is 41.3 Å². The number of amides is 1. The number of carbonyl (C=O) groups excluding carboxylic acids is 1. The van der Waals surface area contributed by atoms with E-state index in [1.165, 1.54) is 13.5 Å². The second kappa shape index (κ2) is 6.48. The van der Waals surface area contributed by atoms with Gasteiger partial charge in [0.2, 0.25) is 0 Å². The first-order chi connectivity index (χ1) is 9.62. The Bertz CT molecular complexity index is 484. The summed E-state index contributed by atoms with van der Waals surface area (Å²) in [5.74, 6) is -0.0371. The number of alkyl halides is 1. The van der Waals surface area contributed by atoms with Crippen molar-refractivity contribution in [2.45, 2.75) is 37.6 Å². The van der Waals surface area contributed by atoms with E-state index in [0.29, 0.717) is 5.75 Å². The maximum Gasteiger partial charge on any atom is 0.255 e. The summed E-state index contributed by atoms with van der Waals surface area (Å²) in [6.45, 7) is 0. The van der Waals surface area contributed by atoms with Crippen molar-refractivity contribution in [2.75, 3.05) is 12.4 Å². The van der Waals surface area contributed by atoms with Gasteiger partial charge < -0.3 is 15.2 Å². The van der Waals surface area contributed by atoms with Crippen LogP contribution in [0.1, 0.15) is 42.5 Å². The van der Waals surface area contributed by atoms with Crippen LogP contribution in [-0.4, -0.2) is 29.0 Å². The Hall–Kier alpha value is -1.23. The van der Waals surface area contributed by atoms with E-state index in [-0.39, 0.29) is 22.8 Å². The molecule has 0 spiro atoms.